The Morgan fingerprint density at radius 1 is 1.24 bits per heavy atom. The van der Waals surface area contributed by atoms with E-state index in [2.05, 4.69) is 30.8 Å². The van der Waals surface area contributed by atoms with Crippen molar-refractivity contribution in [2.24, 2.45) is 0 Å². The first-order valence-electron chi connectivity index (χ1n) is 10.1. The van der Waals surface area contributed by atoms with Gasteiger partial charge in [-0.25, -0.2) is 9.97 Å². The van der Waals surface area contributed by atoms with Crippen LogP contribution >= 0.6 is 35.3 Å². The first-order chi connectivity index (χ1) is 15.9. The van der Waals surface area contributed by atoms with Crippen LogP contribution in [0.3, 0.4) is 0 Å². The zero-order chi connectivity index (χ0) is 23.4. The zero-order valence-electron chi connectivity index (χ0n) is 18.0. The summed E-state index contributed by atoms with van der Waals surface area (Å²) in [6.45, 7) is 1.56. The molecule has 1 aliphatic rings. The molecule has 10 nitrogen and oxygen atoms in total. The summed E-state index contributed by atoms with van der Waals surface area (Å²) in [5.41, 5.74) is 1.37. The highest BCUT2D eigenvalue weighted by atomic mass is 35.5. The van der Waals surface area contributed by atoms with Crippen LogP contribution in [0.25, 0.3) is 0 Å². The number of thiazole rings is 1. The van der Waals surface area contributed by atoms with Crippen molar-refractivity contribution in [2.45, 2.75) is 19.0 Å². The van der Waals surface area contributed by atoms with Gasteiger partial charge in [0.2, 0.25) is 0 Å². The van der Waals surface area contributed by atoms with Gasteiger partial charge in [0.05, 0.1) is 11.9 Å². The van der Waals surface area contributed by atoms with Crippen LogP contribution in [0.4, 0.5) is 5.69 Å². The second-order valence-corrected chi connectivity index (χ2v) is 9.00. The molecule has 0 radical (unpaired) electrons. The van der Waals surface area contributed by atoms with E-state index in [0.29, 0.717) is 21.5 Å². The van der Waals surface area contributed by atoms with Crippen LogP contribution in [0.1, 0.15) is 32.2 Å². The van der Waals surface area contributed by atoms with Gasteiger partial charge in [-0.05, 0) is 31.3 Å². The molecule has 3 heterocycles. The minimum Gasteiger partial charge on any atom is -0.446 e. The second kappa shape index (κ2) is 11.4. The van der Waals surface area contributed by atoms with E-state index in [9.17, 15) is 14.4 Å². The Bertz CT molecular complexity index is 1150. The van der Waals surface area contributed by atoms with E-state index < -0.39 is 23.8 Å². The van der Waals surface area contributed by atoms with Crippen LogP contribution in [0.15, 0.2) is 41.3 Å². The van der Waals surface area contributed by atoms with Crippen LogP contribution in [-0.4, -0.2) is 52.7 Å². The largest absolute Gasteiger partial charge is 0.446 e. The third-order valence-corrected chi connectivity index (χ3v) is 6.32. The molecule has 0 bridgehead atoms. The van der Waals surface area contributed by atoms with Crippen LogP contribution in [0.5, 0.6) is 0 Å². The molecule has 1 aromatic carbocycles. The summed E-state index contributed by atoms with van der Waals surface area (Å²) in [4.78, 5) is 48.9. The van der Waals surface area contributed by atoms with Crippen molar-refractivity contribution in [3.8, 4) is 0 Å². The molecular weight excluding hydrogens is 503 g/mol. The van der Waals surface area contributed by atoms with Gasteiger partial charge >= 0.3 is 11.8 Å². The molecule has 180 valence electrons. The quantitative estimate of drug-likeness (QED) is 0.422. The van der Waals surface area contributed by atoms with E-state index in [4.69, 9.17) is 16.0 Å². The number of carbonyl (C=O) groups is 3. The Kier molecular flexibility index (Phi) is 8.61. The van der Waals surface area contributed by atoms with Gasteiger partial charge in [0.15, 0.2) is 11.4 Å². The topological polar surface area (TPSA) is 129 Å². The summed E-state index contributed by atoms with van der Waals surface area (Å²) in [5, 5.41) is 8.65. The highest BCUT2D eigenvalue weighted by Crippen LogP contribution is 2.25. The number of aromatic nitrogens is 2. The molecule has 0 saturated carbocycles. The van der Waals surface area contributed by atoms with Gasteiger partial charge in [0, 0.05) is 41.6 Å². The smallest absolute Gasteiger partial charge is 0.313 e. The summed E-state index contributed by atoms with van der Waals surface area (Å²) in [7, 11) is 2.02. The number of amides is 3. The number of hydrogen-bond acceptors (Lipinski definition) is 8. The Hall–Kier alpha value is -2.99. The number of benzene rings is 1. The fraction of sp³-hybridized carbons (Fsp3) is 0.286. The predicted molar refractivity (Wildman–Crippen MR) is 129 cm³/mol. The van der Waals surface area contributed by atoms with Crippen molar-refractivity contribution in [1.29, 1.82) is 0 Å². The van der Waals surface area contributed by atoms with E-state index in [1.807, 2.05) is 7.05 Å². The van der Waals surface area contributed by atoms with Crippen LogP contribution < -0.4 is 16.0 Å². The number of nitrogens with zero attached hydrogens (tertiary/aromatic N) is 3. The molecule has 4 rings (SSSR count). The van der Waals surface area contributed by atoms with Crippen LogP contribution in [-0.2, 0) is 22.6 Å². The second-order valence-electron chi connectivity index (χ2n) is 7.48. The summed E-state index contributed by atoms with van der Waals surface area (Å²) in [6.07, 6.45) is 3.45. The van der Waals surface area contributed by atoms with Gasteiger partial charge in [-0.2, -0.15) is 0 Å². The van der Waals surface area contributed by atoms with Gasteiger partial charge in [-0.3, -0.25) is 14.4 Å². The van der Waals surface area contributed by atoms with Gasteiger partial charge < -0.3 is 25.3 Å². The normalized spacial score (nSPS) is 13.8. The molecule has 3 amide bonds. The number of hydrogen-bond donors (Lipinski definition) is 3. The average molecular weight is 525 g/mol. The molecule has 2 aromatic heterocycles. The highest BCUT2D eigenvalue weighted by Gasteiger charge is 2.25. The van der Waals surface area contributed by atoms with Crippen molar-refractivity contribution in [3.63, 3.8) is 0 Å². The van der Waals surface area contributed by atoms with E-state index in [0.717, 1.165) is 30.1 Å². The molecule has 1 aliphatic heterocycles. The molecule has 1 atom stereocenters. The predicted octanol–water partition coefficient (Wildman–Crippen LogP) is 2.42. The SMILES string of the molecule is CN1CCc2nc(C(=O)N[C@@H](CNC(=O)C(=O)Nc3ccc(Cl)cc3)c3cnco3)sc2C1.Cl. The lowest BCUT2D eigenvalue weighted by Crippen LogP contribution is -2.41. The van der Waals surface area contributed by atoms with Crippen LogP contribution in [0, 0.1) is 0 Å². The first kappa shape index (κ1) is 25.6. The molecule has 3 aromatic rings. The minimum absolute atomic E-state index is 0. The van der Waals surface area contributed by atoms with Gasteiger partial charge in [0.25, 0.3) is 5.91 Å². The van der Waals surface area contributed by atoms with Crippen molar-refractivity contribution in [1.82, 2.24) is 25.5 Å². The molecule has 0 saturated heterocycles. The number of rotatable bonds is 6. The monoisotopic (exact) mass is 524 g/mol. The minimum atomic E-state index is -0.864. The molecule has 13 heteroatoms. The first-order valence-corrected chi connectivity index (χ1v) is 11.3. The number of carbonyl (C=O) groups excluding carboxylic acids is 3. The Balaban J connectivity index is 0.00000324. The number of nitrogens with one attached hydrogen (secondary N) is 3. The van der Waals surface area contributed by atoms with E-state index >= 15 is 0 Å². The summed E-state index contributed by atoms with van der Waals surface area (Å²) in [6, 6.07) is 5.61. The Morgan fingerprint density at radius 3 is 2.71 bits per heavy atom. The number of halogens is 2. The van der Waals surface area contributed by atoms with Gasteiger partial charge in [-0.1, -0.05) is 11.6 Å². The summed E-state index contributed by atoms with van der Waals surface area (Å²) >= 11 is 7.17. The molecule has 0 spiro atoms. The van der Waals surface area contributed by atoms with E-state index in [-0.39, 0.29) is 19.0 Å². The molecule has 0 unspecified atom stereocenters. The zero-order valence-corrected chi connectivity index (χ0v) is 20.4. The fourth-order valence-corrected chi connectivity index (χ4v) is 4.47. The Labute approximate surface area is 210 Å². The molecule has 0 fully saturated rings. The highest BCUT2D eigenvalue weighted by molar-refractivity contribution is 7.13. The van der Waals surface area contributed by atoms with Gasteiger partial charge in [-0.15, -0.1) is 23.7 Å². The maximum Gasteiger partial charge on any atom is 0.313 e. The van der Waals surface area contributed by atoms with Gasteiger partial charge in [0.1, 0.15) is 11.8 Å². The number of oxazole rings is 1. The number of likely N-dealkylation sites (N-methyl/N-ethyl adjacent to an activating group) is 1. The maximum atomic E-state index is 12.9. The Morgan fingerprint density at radius 2 is 2.00 bits per heavy atom. The summed E-state index contributed by atoms with van der Waals surface area (Å²) in [5.74, 6) is -1.77. The van der Waals surface area contributed by atoms with Crippen molar-refractivity contribution < 1.29 is 18.8 Å². The van der Waals surface area contributed by atoms with E-state index in [1.165, 1.54) is 23.9 Å². The van der Waals surface area contributed by atoms with Crippen molar-refractivity contribution in [3.05, 3.63) is 63.2 Å². The lowest BCUT2D eigenvalue weighted by Gasteiger charge is -2.20. The van der Waals surface area contributed by atoms with Crippen molar-refractivity contribution >= 4 is 58.8 Å². The van der Waals surface area contributed by atoms with Crippen LogP contribution in [0.2, 0.25) is 5.02 Å². The van der Waals surface area contributed by atoms with E-state index in [1.54, 1.807) is 24.3 Å². The molecule has 0 aliphatic carbocycles. The third-order valence-electron chi connectivity index (χ3n) is 4.99. The lowest BCUT2D eigenvalue weighted by atomic mass is 10.2. The lowest BCUT2D eigenvalue weighted by molar-refractivity contribution is -0.136. The maximum absolute atomic E-state index is 12.9. The molecule has 3 N–H and O–H groups in total. The molecular formula is C21H22Cl2N6O4S. The fourth-order valence-electron chi connectivity index (χ4n) is 3.26. The third kappa shape index (κ3) is 6.32. The average Bonchev–Trinajstić information content (AvgIpc) is 3.47. The van der Waals surface area contributed by atoms with Crippen molar-refractivity contribution in [2.75, 3.05) is 25.5 Å². The number of fused-ring (bicyclic) bond motifs is 1. The summed E-state index contributed by atoms with van der Waals surface area (Å²) < 4.78 is 5.31. The number of anilines is 1. The standard InChI is InChI=1S/C21H21ClN6O4S.ClH/c1-28-7-6-14-17(10-28)33-21(27-14)20(31)26-15(16-9-23-11-32-16)8-24-18(29)19(30)25-13-4-2-12(22)3-5-13;/h2-5,9,11,15H,6-8,10H2,1H3,(H,24,29)(H,25,30)(H,26,31);1H/t15-;/m0./s1. The molecule has 34 heavy (non-hydrogen) atoms.